The van der Waals surface area contributed by atoms with E-state index in [1.165, 1.54) is 73.1 Å². The van der Waals surface area contributed by atoms with Gasteiger partial charge >= 0.3 is 0 Å². The fourth-order valence-electron chi connectivity index (χ4n) is 3.41. The van der Waals surface area contributed by atoms with Crippen LogP contribution in [-0.4, -0.2) is 201 Å². The number of nitrogens with zero attached hydrogens (tertiary/aromatic N) is 8. The molecule has 46 heavy (non-hydrogen) atoms. The molecule has 0 aliphatic rings. The Morgan fingerprint density at radius 2 is 0.522 bits per heavy atom. The summed E-state index contributed by atoms with van der Waals surface area (Å²) in [5, 5.41) is 0. The van der Waals surface area contributed by atoms with E-state index in [4.69, 9.17) is 0 Å². The van der Waals surface area contributed by atoms with Crippen molar-refractivity contribution < 1.29 is 43.2 Å². The summed E-state index contributed by atoms with van der Waals surface area (Å²) < 4.78 is 0. The van der Waals surface area contributed by atoms with Gasteiger partial charge in [-0.2, -0.15) is 0 Å². The van der Waals surface area contributed by atoms with Crippen LogP contribution >= 0.6 is 0 Å². The lowest BCUT2D eigenvalue weighted by Crippen LogP contribution is -2.49. The average Bonchev–Trinajstić information content (AvgIpc) is 2.95. The third kappa shape index (κ3) is 14.5. The highest BCUT2D eigenvalue weighted by Gasteiger charge is 2.25. The first kappa shape index (κ1) is 41.4. The fourth-order valence-corrected chi connectivity index (χ4v) is 3.41. The molecule has 17 nitrogen and oxygen atoms in total. The molecule has 0 aliphatic carbocycles. The number of likely N-dealkylation sites (N-methyl/N-ethyl adjacent to an activating group) is 8. The third-order valence-corrected chi connectivity index (χ3v) is 7.16. The lowest BCUT2D eigenvalue weighted by Gasteiger charge is -2.27. The largest absolute Gasteiger partial charge is 0.337 e. The molecule has 0 saturated heterocycles. The number of Topliss-reactive ketones (excluding diaryl/α,β-unsaturated/α-hetero) is 1. The van der Waals surface area contributed by atoms with Gasteiger partial charge in [-0.05, 0) is 0 Å². The van der Waals surface area contributed by atoms with E-state index in [2.05, 4.69) is 0 Å². The maximum atomic E-state index is 12.7. The molecule has 0 aromatic rings. The molecule has 0 rings (SSSR count). The molecule has 0 unspecified atom stereocenters. The summed E-state index contributed by atoms with van der Waals surface area (Å²) in [6.07, 6.45) is 0. The Morgan fingerprint density at radius 3 is 0.696 bits per heavy atom. The topological polar surface area (TPSA) is 180 Å². The van der Waals surface area contributed by atoms with Gasteiger partial charge in [0.25, 0.3) is 0 Å². The maximum Gasteiger partial charge on any atom is 0.242 e. The van der Waals surface area contributed by atoms with Gasteiger partial charge in [-0.1, -0.05) is 13.8 Å². The van der Waals surface area contributed by atoms with E-state index >= 15 is 0 Å². The normalized spacial score (nSPS) is 10.4. The monoisotopic (exact) mass is 654 g/mol. The van der Waals surface area contributed by atoms with Crippen molar-refractivity contribution in [2.24, 2.45) is 5.92 Å². The Hall–Kier alpha value is -4.57. The number of carbonyl (C=O) groups excluding carboxylic acids is 9. The van der Waals surface area contributed by atoms with Gasteiger partial charge in [-0.25, -0.2) is 0 Å². The van der Waals surface area contributed by atoms with E-state index in [1.807, 2.05) is 0 Å². The van der Waals surface area contributed by atoms with Crippen LogP contribution in [-0.2, 0) is 43.2 Å². The second-order valence-electron chi connectivity index (χ2n) is 11.7. The van der Waals surface area contributed by atoms with Crippen LogP contribution in [0.2, 0.25) is 0 Å². The van der Waals surface area contributed by atoms with Crippen molar-refractivity contribution in [1.82, 2.24) is 39.2 Å². The highest BCUT2D eigenvalue weighted by molar-refractivity contribution is 5.93. The highest BCUT2D eigenvalue weighted by atomic mass is 16.2. The molecule has 0 heterocycles. The number of carbonyl (C=O) groups is 9. The van der Waals surface area contributed by atoms with Crippen molar-refractivity contribution >= 4 is 53.0 Å². The smallest absolute Gasteiger partial charge is 0.242 e. The van der Waals surface area contributed by atoms with Gasteiger partial charge in [0.05, 0.1) is 52.4 Å². The van der Waals surface area contributed by atoms with E-state index in [-0.39, 0.29) is 70.0 Å². The molecule has 0 saturated carbocycles. The summed E-state index contributed by atoms with van der Waals surface area (Å²) in [6, 6.07) is 0. The van der Waals surface area contributed by atoms with Gasteiger partial charge in [0.1, 0.15) is 0 Å². The highest BCUT2D eigenvalue weighted by Crippen LogP contribution is 2.01. The van der Waals surface area contributed by atoms with E-state index in [1.54, 1.807) is 13.8 Å². The molecule has 0 radical (unpaired) electrons. The van der Waals surface area contributed by atoms with Gasteiger partial charge in [0, 0.05) is 69.2 Å². The zero-order valence-electron chi connectivity index (χ0n) is 29.0. The van der Waals surface area contributed by atoms with E-state index in [9.17, 15) is 43.2 Å². The predicted octanol–water partition coefficient (Wildman–Crippen LogP) is -3.10. The van der Waals surface area contributed by atoms with Crippen molar-refractivity contribution in [1.29, 1.82) is 0 Å². The summed E-state index contributed by atoms with van der Waals surface area (Å²) >= 11 is 0. The summed E-state index contributed by atoms with van der Waals surface area (Å²) in [6.45, 7) is 2.39. The standard InChI is InChI=1S/C29H50N8O9/c1-20(2)22(39)12-31(5)24(41)14-33(7)26(43)16-35(9)28(45)18-37(11)29(46)19-36(10)27(44)17-34(8)25(42)15-32(6)23(40)13-30(4)21(3)38/h20H,12-19H2,1-11H3. The first-order valence-corrected chi connectivity index (χ1v) is 14.5. The first-order chi connectivity index (χ1) is 21.1. The van der Waals surface area contributed by atoms with Crippen molar-refractivity contribution in [3.05, 3.63) is 0 Å². The van der Waals surface area contributed by atoms with Crippen LogP contribution in [0, 0.1) is 5.92 Å². The lowest BCUT2D eigenvalue weighted by atomic mass is 10.1. The Kier molecular flexibility index (Phi) is 17.2. The number of ketones is 1. The Balaban J connectivity index is 4.81. The molecular formula is C29H50N8O9. The molecule has 17 heteroatoms. The van der Waals surface area contributed by atoms with E-state index in [0.717, 1.165) is 29.4 Å². The predicted molar refractivity (Wildman–Crippen MR) is 167 cm³/mol. The Morgan fingerprint density at radius 1 is 0.348 bits per heavy atom. The van der Waals surface area contributed by atoms with Gasteiger partial charge < -0.3 is 39.2 Å². The number of rotatable bonds is 17. The van der Waals surface area contributed by atoms with Crippen LogP contribution < -0.4 is 0 Å². The summed E-state index contributed by atoms with van der Waals surface area (Å²) in [4.78, 5) is 120. The SMILES string of the molecule is CC(=O)N(C)CC(=O)N(C)CC(=O)N(C)CC(=O)N(C)CC(=O)N(C)CC(=O)N(C)CC(=O)N(C)CC(=O)N(C)CC(=O)C(C)C. The minimum Gasteiger partial charge on any atom is -0.337 e. The number of hydrogen-bond donors (Lipinski definition) is 0. The van der Waals surface area contributed by atoms with Gasteiger partial charge in [-0.15, -0.1) is 0 Å². The Labute approximate surface area is 270 Å². The second kappa shape index (κ2) is 19.1. The van der Waals surface area contributed by atoms with Crippen LogP contribution in [0.5, 0.6) is 0 Å². The Bertz CT molecular complexity index is 1180. The van der Waals surface area contributed by atoms with Gasteiger partial charge in [0.2, 0.25) is 47.3 Å². The average molecular weight is 655 g/mol. The molecular weight excluding hydrogens is 604 g/mol. The molecule has 0 fully saturated rings. The molecule has 8 amide bonds. The first-order valence-electron chi connectivity index (χ1n) is 14.5. The van der Waals surface area contributed by atoms with Crippen LogP contribution in [0.4, 0.5) is 0 Å². The number of amides is 8. The molecule has 0 aromatic carbocycles. The summed E-state index contributed by atoms with van der Waals surface area (Å²) in [5.41, 5.74) is 0. The molecule has 0 aliphatic heterocycles. The maximum absolute atomic E-state index is 12.7. The molecule has 0 aromatic heterocycles. The zero-order chi connectivity index (χ0) is 36.0. The molecule has 0 bridgehead atoms. The molecule has 0 atom stereocenters. The quantitative estimate of drug-likeness (QED) is 0.157. The minimum atomic E-state index is -0.570. The number of hydrogen-bond acceptors (Lipinski definition) is 9. The lowest BCUT2D eigenvalue weighted by molar-refractivity contribution is -0.146. The van der Waals surface area contributed by atoms with Crippen LogP contribution in [0.15, 0.2) is 0 Å². The van der Waals surface area contributed by atoms with Crippen LogP contribution in [0.3, 0.4) is 0 Å². The third-order valence-electron chi connectivity index (χ3n) is 7.16. The van der Waals surface area contributed by atoms with Crippen LogP contribution in [0.25, 0.3) is 0 Å². The van der Waals surface area contributed by atoms with Crippen molar-refractivity contribution in [2.45, 2.75) is 20.8 Å². The second-order valence-corrected chi connectivity index (χ2v) is 11.7. The summed E-state index contributed by atoms with van der Waals surface area (Å²) in [5.74, 6) is -4.29. The molecule has 260 valence electrons. The van der Waals surface area contributed by atoms with Gasteiger partial charge in [-0.3, -0.25) is 43.2 Å². The zero-order valence-corrected chi connectivity index (χ0v) is 29.0. The van der Waals surface area contributed by atoms with Gasteiger partial charge in [0.15, 0.2) is 5.78 Å². The van der Waals surface area contributed by atoms with E-state index in [0.29, 0.717) is 0 Å². The fraction of sp³-hybridized carbons (Fsp3) is 0.690. The molecule has 0 spiro atoms. The van der Waals surface area contributed by atoms with Crippen molar-refractivity contribution in [3.63, 3.8) is 0 Å². The van der Waals surface area contributed by atoms with Crippen molar-refractivity contribution in [2.75, 3.05) is 109 Å². The molecule has 0 N–H and O–H groups in total. The minimum absolute atomic E-state index is 0.0745. The summed E-state index contributed by atoms with van der Waals surface area (Å²) in [7, 11) is 11.2. The van der Waals surface area contributed by atoms with Crippen molar-refractivity contribution in [3.8, 4) is 0 Å². The van der Waals surface area contributed by atoms with E-state index < -0.39 is 41.4 Å². The van der Waals surface area contributed by atoms with Crippen LogP contribution in [0.1, 0.15) is 20.8 Å².